The van der Waals surface area contributed by atoms with Crippen molar-refractivity contribution in [1.82, 2.24) is 29.1 Å². The predicted octanol–water partition coefficient (Wildman–Crippen LogP) is 1.50. The Labute approximate surface area is 295 Å². The number of nitrogens with one attached hydrogen (secondary N) is 3. The van der Waals surface area contributed by atoms with E-state index < -0.39 is 82.1 Å². The minimum absolute atomic E-state index is 0.0152. The fourth-order valence-corrected chi connectivity index (χ4v) is 7.94. The quantitative estimate of drug-likeness (QED) is 0.126. The van der Waals surface area contributed by atoms with Crippen molar-refractivity contribution in [3.8, 4) is 6.07 Å². The van der Waals surface area contributed by atoms with Crippen molar-refractivity contribution in [3.63, 3.8) is 0 Å². The molecule has 2 fully saturated rings. The Hall–Kier alpha value is -3.83. The number of carbonyl (C=O) groups is 1. The van der Waals surface area contributed by atoms with Gasteiger partial charge in [-0.05, 0) is 6.92 Å². The van der Waals surface area contributed by atoms with Crippen molar-refractivity contribution < 1.29 is 46.6 Å². The van der Waals surface area contributed by atoms with Gasteiger partial charge in [0, 0.05) is 43.8 Å². The number of ether oxygens (including phenoxy) is 2. The van der Waals surface area contributed by atoms with Gasteiger partial charge in [-0.25, -0.2) is 9.78 Å². The minimum Gasteiger partial charge on any atom is -0.394 e. The molecule has 1 amide bonds. The van der Waals surface area contributed by atoms with Crippen molar-refractivity contribution in [2.24, 2.45) is 5.92 Å². The maximum atomic E-state index is 13.7. The molecule has 5 heterocycles. The number of aliphatic hydroxyl groups excluding tert-OH is 1. The van der Waals surface area contributed by atoms with Crippen LogP contribution in [-0.4, -0.2) is 97.6 Å². The van der Waals surface area contributed by atoms with Crippen LogP contribution in [0.15, 0.2) is 26.9 Å². The third-order valence-corrected chi connectivity index (χ3v) is 10.7. The Morgan fingerprint density at radius 2 is 1.69 bits per heavy atom. The molecule has 0 bridgehead atoms. The van der Waals surface area contributed by atoms with E-state index in [2.05, 4.69) is 25.3 Å². The lowest BCUT2D eigenvalue weighted by atomic mass is 10.2. The van der Waals surface area contributed by atoms with Crippen molar-refractivity contribution in [2.45, 2.75) is 76.9 Å². The highest BCUT2D eigenvalue weighted by Gasteiger charge is 2.44. The number of amides is 1. The van der Waals surface area contributed by atoms with E-state index in [1.165, 1.54) is 37.3 Å². The molecule has 0 aliphatic carbocycles. The summed E-state index contributed by atoms with van der Waals surface area (Å²) in [7, 11) is -7.73. The number of aromatic amines is 2. The van der Waals surface area contributed by atoms with E-state index in [-0.39, 0.29) is 60.4 Å². The second-order valence-corrected chi connectivity index (χ2v) is 16.7. The summed E-state index contributed by atoms with van der Waals surface area (Å²) in [5.41, 5.74) is -1.66. The molecular weight excluding hydrogens is 730 g/mol. The number of H-pyrrole nitrogens is 2. The zero-order valence-electron chi connectivity index (χ0n) is 28.9. The molecule has 5 rings (SSSR count). The maximum Gasteiger partial charge on any atom is 0.330 e. The lowest BCUT2D eigenvalue weighted by molar-refractivity contribution is -0.118. The van der Waals surface area contributed by atoms with Gasteiger partial charge in [-0.2, -0.15) is 10.2 Å². The van der Waals surface area contributed by atoms with Crippen LogP contribution in [0.3, 0.4) is 0 Å². The largest absolute Gasteiger partial charge is 0.394 e. The summed E-state index contributed by atoms with van der Waals surface area (Å²) in [6, 6.07) is 1.88. The van der Waals surface area contributed by atoms with Crippen LogP contribution < -0.4 is 22.1 Å². The van der Waals surface area contributed by atoms with Crippen molar-refractivity contribution in [1.29, 1.82) is 5.26 Å². The molecule has 8 atom stereocenters. The molecule has 284 valence electrons. The molecule has 52 heavy (non-hydrogen) atoms. The van der Waals surface area contributed by atoms with Crippen LogP contribution in [-0.2, 0) is 41.5 Å². The van der Waals surface area contributed by atoms with Crippen LogP contribution in [0, 0.1) is 24.2 Å². The molecule has 0 saturated carbocycles. The van der Waals surface area contributed by atoms with Gasteiger partial charge in [0.15, 0.2) is 11.2 Å². The van der Waals surface area contributed by atoms with Gasteiger partial charge in [0.25, 0.3) is 11.1 Å². The average Bonchev–Trinajstić information content (AvgIpc) is 3.78. The molecule has 3 aromatic rings. The molecule has 2 unspecified atom stereocenters. The highest BCUT2D eigenvalue weighted by atomic mass is 31.2. The third kappa shape index (κ3) is 9.20. The van der Waals surface area contributed by atoms with Crippen LogP contribution in [0.25, 0.3) is 11.2 Å². The van der Waals surface area contributed by atoms with E-state index >= 15 is 0 Å². The van der Waals surface area contributed by atoms with Gasteiger partial charge >= 0.3 is 20.9 Å². The van der Waals surface area contributed by atoms with Gasteiger partial charge in [0.1, 0.15) is 24.7 Å². The Morgan fingerprint density at radius 1 is 1.06 bits per heavy atom. The molecule has 0 aromatic carbocycles. The number of rotatable bonds is 15. The molecule has 3 aromatic heterocycles. The van der Waals surface area contributed by atoms with Crippen LogP contribution in [0.2, 0.25) is 0 Å². The Balaban J connectivity index is 1.30. The molecule has 21 nitrogen and oxygen atoms in total. The molecule has 4 N–H and O–H groups in total. The molecule has 2 aliphatic rings. The molecule has 0 radical (unpaired) electrons. The summed E-state index contributed by atoms with van der Waals surface area (Å²) < 4.78 is 64.0. The summed E-state index contributed by atoms with van der Waals surface area (Å²) in [6.45, 7) is 6.12. The van der Waals surface area contributed by atoms with E-state index in [0.29, 0.717) is 0 Å². The highest BCUT2D eigenvalue weighted by molar-refractivity contribution is 7.53. The van der Waals surface area contributed by atoms with Crippen LogP contribution in [0.1, 0.15) is 51.1 Å². The van der Waals surface area contributed by atoms with E-state index in [1.54, 1.807) is 13.8 Å². The molecule has 2 saturated heterocycles. The standard InChI is InChI=1S/C29H40N8O13P2/c1-15(2)25(39)33-28-32-24-23(27(41)34-28)31-14-37(24)22-9-17(19(12-38)47-22)49-52(5,44)46-13-20-18(50-51(4,43)45-8-6-7-30)10-21(48-20)36-11-16(3)26(40)35-29(36)42/h11,14-15,17-22,38H,6,8-10,12-13H2,1-5H3,(H,35,40,42)(H2,32,33,34,39,41)/t17-,18-,19+,20+,21+,22+,51?,52?/m0/s1. The second kappa shape index (κ2) is 16.0. The van der Waals surface area contributed by atoms with Gasteiger partial charge in [-0.15, -0.1) is 0 Å². The number of aliphatic hydroxyl groups is 1. The first-order chi connectivity index (χ1) is 24.5. The van der Waals surface area contributed by atoms with Crippen molar-refractivity contribution in [2.75, 3.05) is 38.5 Å². The van der Waals surface area contributed by atoms with Crippen LogP contribution in [0.4, 0.5) is 5.95 Å². The fourth-order valence-electron chi connectivity index (χ4n) is 5.55. The zero-order chi connectivity index (χ0) is 38.0. The van der Waals surface area contributed by atoms with Gasteiger partial charge < -0.3 is 32.7 Å². The summed E-state index contributed by atoms with van der Waals surface area (Å²) in [6.07, 6.45) is -3.41. The van der Waals surface area contributed by atoms with E-state index in [0.717, 1.165) is 4.57 Å². The Kier molecular flexibility index (Phi) is 12.1. The normalized spacial score (nSPS) is 25.6. The number of aromatic nitrogens is 6. The van der Waals surface area contributed by atoms with Gasteiger partial charge in [-0.3, -0.25) is 47.9 Å². The molecule has 23 heteroatoms. The number of imidazole rings is 1. The summed E-state index contributed by atoms with van der Waals surface area (Å²) >= 11 is 0. The summed E-state index contributed by atoms with van der Waals surface area (Å²) in [5, 5.41) is 21.5. The maximum absolute atomic E-state index is 13.7. The Morgan fingerprint density at radius 3 is 2.35 bits per heavy atom. The lowest BCUT2D eigenvalue weighted by Crippen LogP contribution is -2.33. The topological polar surface area (TPSA) is 281 Å². The fraction of sp³-hybridized carbons (Fsp3) is 0.621. The van der Waals surface area contributed by atoms with E-state index in [4.69, 9.17) is 32.8 Å². The zero-order valence-corrected chi connectivity index (χ0v) is 30.7. The van der Waals surface area contributed by atoms with Crippen LogP contribution >= 0.6 is 15.2 Å². The average molecular weight is 771 g/mol. The first kappa shape index (κ1) is 39.4. The van der Waals surface area contributed by atoms with Crippen molar-refractivity contribution in [3.05, 3.63) is 49.3 Å². The SMILES string of the molecule is Cc1cn([C@H]2C[C@H](OP(C)(=O)OCCC#N)[C@@H](COP(C)(=O)O[C@H]3C[C@H](n4cnc5c(=O)[nH]c(NC(=O)C(C)C)nc54)O[C@@H]3CO)O2)c(=O)[nH]c1=O. The number of hydrogen-bond donors (Lipinski definition) is 4. The highest BCUT2D eigenvalue weighted by Crippen LogP contribution is 2.52. The van der Waals surface area contributed by atoms with E-state index in [9.17, 15) is 33.4 Å². The minimum atomic E-state index is -3.97. The number of hydrogen-bond acceptors (Lipinski definition) is 16. The van der Waals surface area contributed by atoms with Gasteiger partial charge in [0.05, 0.1) is 50.8 Å². The number of aryl methyl sites for hydroxylation is 1. The number of nitriles is 1. The summed E-state index contributed by atoms with van der Waals surface area (Å²) in [5.74, 6) is -0.852. The molecule has 0 spiro atoms. The molecular formula is C29H40N8O13P2. The first-order valence-electron chi connectivity index (χ1n) is 16.2. The van der Waals surface area contributed by atoms with E-state index in [1.807, 2.05) is 6.07 Å². The molecule has 2 aliphatic heterocycles. The first-order valence-corrected chi connectivity index (χ1v) is 20.2. The summed E-state index contributed by atoms with van der Waals surface area (Å²) in [4.78, 5) is 62.5. The number of anilines is 1. The monoisotopic (exact) mass is 770 g/mol. The van der Waals surface area contributed by atoms with Gasteiger partial charge in [-0.1, -0.05) is 13.8 Å². The lowest BCUT2D eigenvalue weighted by Gasteiger charge is -2.25. The number of fused-ring (bicyclic) bond motifs is 1. The van der Waals surface area contributed by atoms with Crippen LogP contribution in [0.5, 0.6) is 0 Å². The number of carbonyl (C=O) groups excluding carboxylic acids is 1. The number of nitrogens with zero attached hydrogens (tertiary/aromatic N) is 5. The second-order valence-electron chi connectivity index (χ2n) is 12.6. The predicted molar refractivity (Wildman–Crippen MR) is 181 cm³/mol. The third-order valence-electron chi connectivity index (χ3n) is 8.17. The Bertz CT molecular complexity index is 2110. The smallest absolute Gasteiger partial charge is 0.330 e. The van der Waals surface area contributed by atoms with Crippen molar-refractivity contribution >= 4 is 38.2 Å². The van der Waals surface area contributed by atoms with Gasteiger partial charge in [0.2, 0.25) is 11.9 Å².